The average molecular weight is 298 g/mol. The Balaban J connectivity index is 2.11. The molecule has 0 aromatic heterocycles. The molecule has 0 saturated heterocycles. The van der Waals surface area contributed by atoms with E-state index in [0.29, 0.717) is 0 Å². The summed E-state index contributed by atoms with van der Waals surface area (Å²) in [7, 11) is 0. The Hall–Kier alpha value is -3.28. The molecule has 0 saturated carbocycles. The number of hydrogen-bond donors (Lipinski definition) is 3. The number of carbonyl (C=O) groups is 2. The molecule has 6 nitrogen and oxygen atoms in total. The Morgan fingerprint density at radius 1 is 0.909 bits per heavy atom. The molecule has 0 amide bonds. The van der Waals surface area contributed by atoms with Crippen molar-refractivity contribution in [3.8, 4) is 23.0 Å². The molecule has 0 atom stereocenters. The fourth-order valence-corrected chi connectivity index (χ4v) is 2.12. The van der Waals surface area contributed by atoms with Crippen LogP contribution in [0.25, 0.3) is 6.08 Å². The predicted octanol–water partition coefficient (Wildman–Crippen LogP) is 1.99. The standard InChI is InChI=1S/C16H10O6/c17-11-6-5-8(13(18)15(11)20)7-10-14(19)9-3-1-2-4-12(9)22-16(10)21/h1-7,17-18,20H. The van der Waals surface area contributed by atoms with Gasteiger partial charge in [0, 0.05) is 5.56 Å². The number of fused-ring (bicyclic) bond motifs is 1. The molecular weight excluding hydrogens is 288 g/mol. The number of rotatable bonds is 1. The van der Waals surface area contributed by atoms with Crippen LogP contribution >= 0.6 is 0 Å². The van der Waals surface area contributed by atoms with Gasteiger partial charge in [-0.1, -0.05) is 12.1 Å². The van der Waals surface area contributed by atoms with Crippen molar-refractivity contribution in [1.29, 1.82) is 0 Å². The fourth-order valence-electron chi connectivity index (χ4n) is 2.12. The molecule has 2 aromatic carbocycles. The van der Waals surface area contributed by atoms with E-state index in [-0.39, 0.29) is 22.4 Å². The lowest BCUT2D eigenvalue weighted by Gasteiger charge is -2.16. The van der Waals surface area contributed by atoms with E-state index in [1.807, 2.05) is 0 Å². The molecule has 1 aliphatic rings. The van der Waals surface area contributed by atoms with Crippen LogP contribution in [0.2, 0.25) is 0 Å². The van der Waals surface area contributed by atoms with E-state index in [1.54, 1.807) is 12.1 Å². The molecule has 0 bridgehead atoms. The zero-order valence-electron chi connectivity index (χ0n) is 11.1. The van der Waals surface area contributed by atoms with E-state index < -0.39 is 29.0 Å². The van der Waals surface area contributed by atoms with Crippen LogP contribution in [0.1, 0.15) is 15.9 Å². The minimum atomic E-state index is -0.851. The maximum atomic E-state index is 12.3. The highest BCUT2D eigenvalue weighted by Gasteiger charge is 2.30. The molecule has 0 spiro atoms. The van der Waals surface area contributed by atoms with Gasteiger partial charge in [-0.3, -0.25) is 4.79 Å². The van der Waals surface area contributed by atoms with Crippen LogP contribution in [0.3, 0.4) is 0 Å². The quantitative estimate of drug-likeness (QED) is 0.244. The normalized spacial score (nSPS) is 15.5. The zero-order chi connectivity index (χ0) is 15.9. The topological polar surface area (TPSA) is 104 Å². The number of para-hydroxylation sites is 1. The minimum Gasteiger partial charge on any atom is -0.504 e. The Kier molecular flexibility index (Phi) is 3.06. The number of phenolic OH excluding ortho intramolecular Hbond substituents is 3. The van der Waals surface area contributed by atoms with Gasteiger partial charge in [0.25, 0.3) is 0 Å². The third-order valence-corrected chi connectivity index (χ3v) is 3.26. The third kappa shape index (κ3) is 2.07. The van der Waals surface area contributed by atoms with Gasteiger partial charge in [0.05, 0.1) is 5.56 Å². The number of carbonyl (C=O) groups excluding carboxylic acids is 2. The summed E-state index contributed by atoms with van der Waals surface area (Å²) >= 11 is 0. The van der Waals surface area contributed by atoms with Crippen LogP contribution in [-0.2, 0) is 4.79 Å². The van der Waals surface area contributed by atoms with Crippen LogP contribution in [0.5, 0.6) is 23.0 Å². The van der Waals surface area contributed by atoms with Gasteiger partial charge in [-0.15, -0.1) is 0 Å². The van der Waals surface area contributed by atoms with E-state index in [4.69, 9.17) is 4.74 Å². The summed E-state index contributed by atoms with van der Waals surface area (Å²) in [5.41, 5.74) is -0.0371. The Labute approximate surface area is 124 Å². The molecule has 3 rings (SSSR count). The number of phenols is 3. The molecule has 3 N–H and O–H groups in total. The van der Waals surface area contributed by atoms with Crippen molar-refractivity contribution >= 4 is 17.8 Å². The largest absolute Gasteiger partial charge is 0.504 e. The summed E-state index contributed by atoms with van der Waals surface area (Å²) < 4.78 is 5.06. The maximum Gasteiger partial charge on any atom is 0.347 e. The van der Waals surface area contributed by atoms with Crippen molar-refractivity contribution < 1.29 is 29.6 Å². The number of Topliss-reactive ketones (excluding diaryl/α,β-unsaturated/α-hetero) is 1. The van der Waals surface area contributed by atoms with Crippen molar-refractivity contribution in [3.63, 3.8) is 0 Å². The van der Waals surface area contributed by atoms with Crippen molar-refractivity contribution in [2.45, 2.75) is 0 Å². The number of ether oxygens (including phenoxy) is 1. The Morgan fingerprint density at radius 3 is 2.41 bits per heavy atom. The lowest BCUT2D eigenvalue weighted by molar-refractivity contribution is -0.130. The summed E-state index contributed by atoms with van der Waals surface area (Å²) in [6.45, 7) is 0. The molecule has 2 aromatic rings. The summed E-state index contributed by atoms with van der Waals surface area (Å²) in [6.07, 6.45) is 1.11. The van der Waals surface area contributed by atoms with Crippen LogP contribution in [0.15, 0.2) is 42.0 Å². The average Bonchev–Trinajstić information content (AvgIpc) is 2.51. The van der Waals surface area contributed by atoms with Crippen molar-refractivity contribution in [1.82, 2.24) is 0 Å². The summed E-state index contributed by atoms with van der Waals surface area (Å²) in [5.74, 6) is -3.09. The fraction of sp³-hybridized carbons (Fsp3) is 0. The third-order valence-electron chi connectivity index (χ3n) is 3.26. The van der Waals surface area contributed by atoms with Crippen molar-refractivity contribution in [3.05, 3.63) is 53.1 Å². The predicted molar refractivity (Wildman–Crippen MR) is 75.8 cm³/mol. The number of aromatic hydroxyl groups is 3. The Bertz CT molecular complexity index is 835. The molecule has 110 valence electrons. The van der Waals surface area contributed by atoms with Gasteiger partial charge in [-0.25, -0.2) is 4.79 Å². The van der Waals surface area contributed by atoms with Gasteiger partial charge < -0.3 is 20.1 Å². The van der Waals surface area contributed by atoms with E-state index in [9.17, 15) is 24.9 Å². The minimum absolute atomic E-state index is 0.00924. The first-order chi connectivity index (χ1) is 10.5. The molecule has 0 radical (unpaired) electrons. The van der Waals surface area contributed by atoms with Gasteiger partial charge in [-0.05, 0) is 30.3 Å². The highest BCUT2D eigenvalue weighted by atomic mass is 16.5. The SMILES string of the molecule is O=C1Oc2ccccc2C(=O)C1=Cc1ccc(O)c(O)c1O. The molecule has 1 heterocycles. The van der Waals surface area contributed by atoms with Crippen LogP contribution < -0.4 is 4.74 Å². The number of esters is 1. The van der Waals surface area contributed by atoms with Crippen LogP contribution in [0.4, 0.5) is 0 Å². The van der Waals surface area contributed by atoms with Gasteiger partial charge in [0.15, 0.2) is 11.5 Å². The monoisotopic (exact) mass is 298 g/mol. The first-order valence-corrected chi connectivity index (χ1v) is 6.30. The molecule has 0 unspecified atom stereocenters. The summed E-state index contributed by atoms with van der Waals surface area (Å²) in [4.78, 5) is 24.3. The Morgan fingerprint density at radius 2 is 1.64 bits per heavy atom. The summed E-state index contributed by atoms with van der Waals surface area (Å²) in [5, 5.41) is 28.5. The molecule has 0 aliphatic carbocycles. The molecule has 0 fully saturated rings. The molecule has 22 heavy (non-hydrogen) atoms. The van der Waals surface area contributed by atoms with Gasteiger partial charge >= 0.3 is 5.97 Å². The lowest BCUT2D eigenvalue weighted by atomic mass is 9.97. The van der Waals surface area contributed by atoms with Crippen LogP contribution in [0, 0.1) is 0 Å². The maximum absolute atomic E-state index is 12.3. The second kappa shape index (κ2) is 4.92. The van der Waals surface area contributed by atoms with Crippen molar-refractivity contribution in [2.24, 2.45) is 0 Å². The van der Waals surface area contributed by atoms with E-state index >= 15 is 0 Å². The molecular formula is C16H10O6. The van der Waals surface area contributed by atoms with E-state index in [1.165, 1.54) is 18.2 Å². The lowest BCUT2D eigenvalue weighted by Crippen LogP contribution is -2.24. The molecule has 1 aliphatic heterocycles. The second-order valence-electron chi connectivity index (χ2n) is 4.64. The second-order valence-corrected chi connectivity index (χ2v) is 4.64. The van der Waals surface area contributed by atoms with Gasteiger partial charge in [-0.2, -0.15) is 0 Å². The highest BCUT2D eigenvalue weighted by Crippen LogP contribution is 2.38. The highest BCUT2D eigenvalue weighted by molar-refractivity contribution is 6.30. The first kappa shape index (κ1) is 13.7. The van der Waals surface area contributed by atoms with Gasteiger partial charge in [0.1, 0.15) is 11.3 Å². The van der Waals surface area contributed by atoms with Crippen LogP contribution in [-0.4, -0.2) is 27.1 Å². The molecule has 6 heteroatoms. The number of ketones is 1. The number of benzene rings is 2. The van der Waals surface area contributed by atoms with Gasteiger partial charge in [0.2, 0.25) is 11.5 Å². The first-order valence-electron chi connectivity index (χ1n) is 6.30. The van der Waals surface area contributed by atoms with E-state index in [0.717, 1.165) is 12.1 Å². The smallest absolute Gasteiger partial charge is 0.347 e. The van der Waals surface area contributed by atoms with E-state index in [2.05, 4.69) is 0 Å². The summed E-state index contributed by atoms with van der Waals surface area (Å²) in [6, 6.07) is 8.69. The van der Waals surface area contributed by atoms with Crippen molar-refractivity contribution in [2.75, 3.05) is 0 Å². The zero-order valence-corrected chi connectivity index (χ0v) is 11.1. The number of hydrogen-bond acceptors (Lipinski definition) is 6.